The maximum Gasteiger partial charge on any atom is 0.302 e. The molecule has 0 saturated carbocycles. The smallest absolute Gasteiger partial charge is 0.302 e. The van der Waals surface area contributed by atoms with Crippen molar-refractivity contribution in [1.82, 2.24) is 9.62 Å². The predicted octanol–water partition coefficient (Wildman–Crippen LogP) is 2.99. The largest absolute Gasteiger partial charge is 0.384 e. The van der Waals surface area contributed by atoms with Crippen LogP contribution in [0.4, 0.5) is 11.4 Å². The van der Waals surface area contributed by atoms with E-state index in [4.69, 9.17) is 16.6 Å². The summed E-state index contributed by atoms with van der Waals surface area (Å²) in [6, 6.07) is 17.4. The van der Waals surface area contributed by atoms with E-state index in [1.54, 1.807) is 0 Å². The minimum absolute atomic E-state index is 0.0000741. The molecule has 0 aromatic heterocycles. The first-order chi connectivity index (χ1) is 17.2. The van der Waals surface area contributed by atoms with E-state index in [1.165, 1.54) is 4.31 Å². The number of nitrogens with zero attached hydrogens (tertiary/aromatic N) is 3. The first-order valence-electron chi connectivity index (χ1n) is 12.0. The lowest BCUT2D eigenvalue weighted by Gasteiger charge is -2.32. The van der Waals surface area contributed by atoms with Gasteiger partial charge in [0, 0.05) is 44.0 Å². The van der Waals surface area contributed by atoms with Gasteiger partial charge in [-0.3, -0.25) is 15.1 Å². The van der Waals surface area contributed by atoms with Gasteiger partial charge in [-0.05, 0) is 65.6 Å². The number of rotatable bonds is 4. The zero-order valence-electron chi connectivity index (χ0n) is 20.3. The molecule has 0 atom stereocenters. The number of nitrogen functional groups attached to an aromatic ring is 1. The first-order valence-corrected chi connectivity index (χ1v) is 13.5. The second-order valence-electron chi connectivity index (χ2n) is 9.37. The Kier molecular flexibility index (Phi) is 6.31. The molecule has 1 saturated heterocycles. The van der Waals surface area contributed by atoms with Crippen LogP contribution in [0, 0.1) is 10.8 Å². The van der Waals surface area contributed by atoms with Crippen LogP contribution in [0.25, 0.3) is 10.8 Å². The van der Waals surface area contributed by atoms with Crippen molar-refractivity contribution in [3.8, 4) is 0 Å². The number of amidine groups is 2. The second kappa shape index (κ2) is 9.44. The van der Waals surface area contributed by atoms with Gasteiger partial charge in [0.15, 0.2) is 0 Å². The Labute approximate surface area is 211 Å². The van der Waals surface area contributed by atoms with Crippen LogP contribution >= 0.6 is 0 Å². The average Bonchev–Trinajstić information content (AvgIpc) is 3.12. The Morgan fingerprint density at radius 1 is 0.972 bits per heavy atom. The summed E-state index contributed by atoms with van der Waals surface area (Å²) in [5.41, 5.74) is 9.82. The molecule has 0 radical (unpaired) electrons. The molecule has 0 unspecified atom stereocenters. The highest BCUT2D eigenvalue weighted by Gasteiger charge is 2.30. The third kappa shape index (κ3) is 4.74. The minimum Gasteiger partial charge on any atom is -0.384 e. The van der Waals surface area contributed by atoms with Crippen LogP contribution < -0.4 is 19.7 Å². The molecular formula is C26H31N7O2S. The monoisotopic (exact) mass is 505 g/mol. The molecule has 0 spiro atoms. The standard InChI is InChI=1S/C26H31N7O2S/c1-18(27)31-9-2-10-32(12-11-31)24-7-8-25-23(15-24)16-30-36(34,35)33(25)17-19-3-4-20-5-6-21(26(28)29)14-22(20)13-19/h3-8,13-15,27,30H,2,9-12,16-17H2,1H3,(H3,28,29). The number of hydrogen-bond acceptors (Lipinski definition) is 5. The zero-order chi connectivity index (χ0) is 25.4. The molecule has 3 aromatic carbocycles. The summed E-state index contributed by atoms with van der Waals surface area (Å²) in [6.07, 6.45) is 0.972. The number of fused-ring (bicyclic) bond motifs is 2. The van der Waals surface area contributed by atoms with Gasteiger partial charge >= 0.3 is 10.2 Å². The Bertz CT molecular complexity index is 1450. The van der Waals surface area contributed by atoms with Crippen molar-refractivity contribution in [1.29, 1.82) is 10.8 Å². The van der Waals surface area contributed by atoms with Crippen molar-refractivity contribution in [3.63, 3.8) is 0 Å². The Morgan fingerprint density at radius 3 is 2.56 bits per heavy atom. The summed E-state index contributed by atoms with van der Waals surface area (Å²) in [7, 11) is -3.69. The highest BCUT2D eigenvalue weighted by atomic mass is 32.2. The Morgan fingerprint density at radius 2 is 1.78 bits per heavy atom. The number of anilines is 2. The Hall–Kier alpha value is -3.63. The number of hydrogen-bond donors (Lipinski definition) is 4. The van der Waals surface area contributed by atoms with Crippen LogP contribution in [0.15, 0.2) is 54.6 Å². The molecule has 10 heteroatoms. The van der Waals surface area contributed by atoms with Crippen molar-refractivity contribution < 1.29 is 8.42 Å². The van der Waals surface area contributed by atoms with Gasteiger partial charge in [0.1, 0.15) is 5.84 Å². The molecule has 3 aromatic rings. The van der Waals surface area contributed by atoms with Crippen LogP contribution in [0.3, 0.4) is 0 Å². The van der Waals surface area contributed by atoms with E-state index in [0.29, 0.717) is 17.1 Å². The molecule has 5 rings (SSSR count). The molecule has 0 aliphatic carbocycles. The summed E-state index contributed by atoms with van der Waals surface area (Å²) < 4.78 is 30.2. The van der Waals surface area contributed by atoms with Gasteiger partial charge in [-0.15, -0.1) is 0 Å². The lowest BCUT2D eigenvalue weighted by Crippen LogP contribution is -2.44. The summed E-state index contributed by atoms with van der Waals surface area (Å²) in [5.74, 6) is 0.596. The van der Waals surface area contributed by atoms with Crippen LogP contribution in [-0.2, 0) is 23.3 Å². The van der Waals surface area contributed by atoms with E-state index in [-0.39, 0.29) is 18.9 Å². The third-order valence-corrected chi connectivity index (χ3v) is 8.36. The molecule has 0 bridgehead atoms. The zero-order valence-corrected chi connectivity index (χ0v) is 21.1. The average molecular weight is 506 g/mol. The number of nitrogens with two attached hydrogens (primary N) is 1. The van der Waals surface area contributed by atoms with Crippen molar-refractivity contribution in [3.05, 3.63) is 71.3 Å². The lowest BCUT2D eigenvalue weighted by molar-refractivity contribution is 0.443. The first kappa shape index (κ1) is 24.1. The summed E-state index contributed by atoms with van der Waals surface area (Å²) >= 11 is 0. The van der Waals surface area contributed by atoms with E-state index in [9.17, 15) is 8.42 Å². The fourth-order valence-corrected chi connectivity index (χ4v) is 6.19. The lowest BCUT2D eigenvalue weighted by atomic mass is 10.0. The maximum absolute atomic E-state index is 13.0. The molecule has 2 aliphatic rings. The molecule has 1 fully saturated rings. The fourth-order valence-electron chi connectivity index (χ4n) is 4.94. The molecule has 2 aliphatic heterocycles. The third-order valence-electron chi connectivity index (χ3n) is 6.94. The molecule has 188 valence electrons. The van der Waals surface area contributed by atoms with Crippen LogP contribution in [0.5, 0.6) is 0 Å². The maximum atomic E-state index is 13.0. The summed E-state index contributed by atoms with van der Waals surface area (Å²) in [6.45, 7) is 5.68. The normalized spacial score (nSPS) is 17.5. The molecule has 9 nitrogen and oxygen atoms in total. The van der Waals surface area contributed by atoms with E-state index < -0.39 is 10.2 Å². The second-order valence-corrected chi connectivity index (χ2v) is 11.0. The molecule has 36 heavy (non-hydrogen) atoms. The summed E-state index contributed by atoms with van der Waals surface area (Å²) in [5, 5.41) is 17.5. The van der Waals surface area contributed by atoms with Crippen molar-refractivity contribution in [2.45, 2.75) is 26.4 Å². The Balaban J connectivity index is 1.43. The van der Waals surface area contributed by atoms with E-state index in [2.05, 4.69) is 20.6 Å². The van der Waals surface area contributed by atoms with Crippen molar-refractivity contribution in [2.75, 3.05) is 35.4 Å². The van der Waals surface area contributed by atoms with Crippen LogP contribution in [-0.4, -0.2) is 51.2 Å². The SMILES string of the molecule is CC(=N)N1CCCN(c2ccc3c(c2)CNS(=O)(=O)N3Cc2ccc3ccc(C(=N)N)cc3c2)CC1. The minimum atomic E-state index is -3.69. The molecule has 5 N–H and O–H groups in total. The quantitative estimate of drug-likeness (QED) is 0.320. The van der Waals surface area contributed by atoms with Gasteiger partial charge in [-0.2, -0.15) is 13.1 Å². The molecule has 0 amide bonds. The van der Waals surface area contributed by atoms with E-state index in [0.717, 1.165) is 60.2 Å². The van der Waals surface area contributed by atoms with Crippen LogP contribution in [0.2, 0.25) is 0 Å². The van der Waals surface area contributed by atoms with Crippen LogP contribution in [0.1, 0.15) is 30.0 Å². The number of nitrogens with one attached hydrogen (secondary N) is 3. The van der Waals surface area contributed by atoms with E-state index in [1.807, 2.05) is 55.5 Å². The van der Waals surface area contributed by atoms with Gasteiger partial charge in [0.05, 0.1) is 18.1 Å². The highest BCUT2D eigenvalue weighted by molar-refractivity contribution is 7.90. The molecule has 2 heterocycles. The van der Waals surface area contributed by atoms with Gasteiger partial charge in [-0.1, -0.05) is 24.3 Å². The molecular weight excluding hydrogens is 474 g/mol. The predicted molar refractivity (Wildman–Crippen MR) is 145 cm³/mol. The van der Waals surface area contributed by atoms with E-state index >= 15 is 0 Å². The van der Waals surface area contributed by atoms with Gasteiger partial charge in [0.2, 0.25) is 0 Å². The van der Waals surface area contributed by atoms with Crippen molar-refractivity contribution in [2.24, 2.45) is 5.73 Å². The fraction of sp³-hybridized carbons (Fsp3) is 0.308. The highest BCUT2D eigenvalue weighted by Crippen LogP contribution is 2.33. The van der Waals surface area contributed by atoms with Gasteiger partial charge in [-0.25, -0.2) is 0 Å². The van der Waals surface area contributed by atoms with Gasteiger partial charge in [0.25, 0.3) is 0 Å². The summed E-state index contributed by atoms with van der Waals surface area (Å²) in [4.78, 5) is 4.41. The van der Waals surface area contributed by atoms with Crippen molar-refractivity contribution >= 4 is 44.0 Å². The topological polar surface area (TPSA) is 130 Å². The van der Waals surface area contributed by atoms with Gasteiger partial charge < -0.3 is 15.5 Å². The number of benzene rings is 3.